The predicted molar refractivity (Wildman–Crippen MR) is 104 cm³/mol. The first-order valence-corrected chi connectivity index (χ1v) is 9.06. The Hall–Kier alpha value is -3.48. The number of amides is 1. The van der Waals surface area contributed by atoms with Crippen molar-refractivity contribution in [3.8, 4) is 16.6 Å². The monoisotopic (exact) mass is 414 g/mol. The molecule has 1 amide bonds. The Morgan fingerprint density at radius 1 is 1.21 bits per heavy atom. The van der Waals surface area contributed by atoms with E-state index in [2.05, 4.69) is 4.98 Å². The van der Waals surface area contributed by atoms with Gasteiger partial charge in [-0.2, -0.15) is 18.4 Å². The number of benzene rings is 2. The topological polar surface area (TPSA) is 83.0 Å². The van der Waals surface area contributed by atoms with Gasteiger partial charge in [0.1, 0.15) is 5.01 Å². The van der Waals surface area contributed by atoms with Crippen molar-refractivity contribution in [2.24, 2.45) is 5.84 Å². The van der Waals surface area contributed by atoms with Crippen LogP contribution in [0.4, 0.5) is 19.0 Å². The lowest BCUT2D eigenvalue weighted by Gasteiger charge is -2.10. The summed E-state index contributed by atoms with van der Waals surface area (Å²) >= 11 is 1.15. The average Bonchev–Trinajstić information content (AvgIpc) is 3.21. The molecule has 3 rings (SSSR count). The molecule has 0 atom stereocenters. The van der Waals surface area contributed by atoms with Gasteiger partial charge in [-0.25, -0.2) is 15.8 Å². The second kappa shape index (κ2) is 8.26. The molecule has 1 aromatic heterocycles. The molecule has 0 aliphatic carbocycles. The summed E-state index contributed by atoms with van der Waals surface area (Å²) in [6.07, 6.45) is -1.65. The molecule has 9 heteroatoms. The summed E-state index contributed by atoms with van der Waals surface area (Å²) in [7, 11) is 0. The summed E-state index contributed by atoms with van der Waals surface area (Å²) in [4.78, 5) is 16.5. The van der Waals surface area contributed by atoms with Crippen molar-refractivity contribution in [3.05, 3.63) is 76.7 Å². The molecule has 0 saturated heterocycles. The number of carbonyl (C=O) groups is 1. The first kappa shape index (κ1) is 20.3. The lowest BCUT2D eigenvalue weighted by Crippen LogP contribution is -2.36. The Morgan fingerprint density at radius 2 is 1.93 bits per heavy atom. The number of hydrogen-bond acceptors (Lipinski definition) is 5. The van der Waals surface area contributed by atoms with Crippen molar-refractivity contribution in [3.63, 3.8) is 0 Å². The fourth-order valence-electron chi connectivity index (χ4n) is 2.38. The van der Waals surface area contributed by atoms with Gasteiger partial charge in [0.2, 0.25) is 0 Å². The summed E-state index contributed by atoms with van der Waals surface area (Å²) < 4.78 is 38.0. The lowest BCUT2D eigenvalue weighted by atomic mass is 10.1. The Balaban J connectivity index is 1.73. The van der Waals surface area contributed by atoms with Gasteiger partial charge in [-0.05, 0) is 35.9 Å². The number of hydrazine groups is 1. The number of nitrogens with two attached hydrogens (primary N) is 1. The van der Waals surface area contributed by atoms with Crippen LogP contribution in [0.2, 0.25) is 0 Å². The largest absolute Gasteiger partial charge is 0.416 e. The smallest absolute Gasteiger partial charge is 0.268 e. The second-order valence-corrected chi connectivity index (χ2v) is 6.72. The maximum atomic E-state index is 12.7. The van der Waals surface area contributed by atoms with E-state index in [1.165, 1.54) is 29.7 Å². The number of halogens is 3. The molecular weight excluding hydrogens is 401 g/mol. The fourth-order valence-corrected chi connectivity index (χ4v) is 3.18. The molecule has 0 aliphatic rings. The Labute approximate surface area is 168 Å². The molecule has 29 heavy (non-hydrogen) atoms. The van der Waals surface area contributed by atoms with Gasteiger partial charge in [-0.3, -0.25) is 4.79 Å². The third kappa shape index (κ3) is 4.87. The van der Waals surface area contributed by atoms with Crippen LogP contribution < -0.4 is 10.9 Å². The van der Waals surface area contributed by atoms with Gasteiger partial charge in [0.15, 0.2) is 5.82 Å². The highest BCUT2D eigenvalue weighted by Gasteiger charge is 2.30. The van der Waals surface area contributed by atoms with E-state index in [1.807, 2.05) is 6.07 Å². The van der Waals surface area contributed by atoms with Crippen LogP contribution in [-0.4, -0.2) is 10.9 Å². The first-order valence-electron chi connectivity index (χ1n) is 8.18. The zero-order valence-electron chi connectivity index (χ0n) is 14.7. The highest BCUT2D eigenvalue weighted by molar-refractivity contribution is 7.13. The molecular formula is C20H13F3N4OS. The van der Waals surface area contributed by atoms with E-state index >= 15 is 0 Å². The Bertz CT molecular complexity index is 1100. The molecule has 0 unspecified atom stereocenters. The van der Waals surface area contributed by atoms with Gasteiger partial charge in [0, 0.05) is 17.0 Å². The SMILES string of the molecule is N#Cc1cccc(C=CC(=O)N(N)c2csc(-c3ccc(C(F)(F)F)cc3)n2)c1. The van der Waals surface area contributed by atoms with E-state index < -0.39 is 17.6 Å². The van der Waals surface area contributed by atoms with Crippen LogP contribution in [0.5, 0.6) is 0 Å². The Kier molecular flexibility index (Phi) is 5.77. The molecule has 2 aromatic carbocycles. The number of aromatic nitrogens is 1. The molecule has 0 saturated carbocycles. The van der Waals surface area contributed by atoms with Gasteiger partial charge in [0.25, 0.3) is 5.91 Å². The van der Waals surface area contributed by atoms with Crippen molar-refractivity contribution in [1.82, 2.24) is 4.98 Å². The molecule has 0 fully saturated rings. The van der Waals surface area contributed by atoms with E-state index in [1.54, 1.807) is 24.3 Å². The molecule has 2 N–H and O–H groups in total. The highest BCUT2D eigenvalue weighted by Crippen LogP contribution is 2.32. The van der Waals surface area contributed by atoms with E-state index in [0.717, 1.165) is 28.5 Å². The first-order chi connectivity index (χ1) is 13.8. The number of nitrogens with zero attached hydrogens (tertiary/aromatic N) is 3. The van der Waals surface area contributed by atoms with Crippen molar-refractivity contribution < 1.29 is 18.0 Å². The maximum Gasteiger partial charge on any atom is 0.416 e. The summed E-state index contributed by atoms with van der Waals surface area (Å²) in [5.41, 5.74) is 0.859. The number of rotatable bonds is 4. The minimum absolute atomic E-state index is 0.172. The molecule has 146 valence electrons. The van der Waals surface area contributed by atoms with Gasteiger partial charge < -0.3 is 0 Å². The van der Waals surface area contributed by atoms with Gasteiger partial charge in [-0.1, -0.05) is 24.3 Å². The molecule has 0 spiro atoms. The van der Waals surface area contributed by atoms with E-state index in [-0.39, 0.29) is 5.82 Å². The van der Waals surface area contributed by atoms with E-state index in [4.69, 9.17) is 11.1 Å². The third-order valence-electron chi connectivity index (χ3n) is 3.87. The Morgan fingerprint density at radius 3 is 2.59 bits per heavy atom. The van der Waals surface area contributed by atoms with Crippen LogP contribution >= 0.6 is 11.3 Å². The summed E-state index contributed by atoms with van der Waals surface area (Å²) in [5.74, 6) is 5.43. The number of nitriles is 1. The van der Waals surface area contributed by atoms with Crippen molar-refractivity contribution >= 4 is 29.1 Å². The second-order valence-electron chi connectivity index (χ2n) is 5.86. The van der Waals surface area contributed by atoms with Crippen LogP contribution in [0, 0.1) is 11.3 Å². The van der Waals surface area contributed by atoms with Crippen LogP contribution in [0.3, 0.4) is 0 Å². The standard InChI is InChI=1S/C20H13F3N4OS/c21-20(22,23)16-7-5-15(6-8-16)19-26-17(12-29-19)27(25)18(28)9-4-13-2-1-3-14(10-13)11-24/h1-10,12H,25H2. The summed E-state index contributed by atoms with van der Waals surface area (Å²) in [5, 5.41) is 11.7. The van der Waals surface area contributed by atoms with Gasteiger partial charge in [0.05, 0.1) is 17.2 Å². The highest BCUT2D eigenvalue weighted by atomic mass is 32.1. The zero-order valence-corrected chi connectivity index (χ0v) is 15.5. The van der Waals surface area contributed by atoms with Crippen LogP contribution in [0.25, 0.3) is 16.6 Å². The number of carbonyl (C=O) groups excluding carboxylic acids is 1. The van der Waals surface area contributed by atoms with Crippen molar-refractivity contribution in [1.29, 1.82) is 5.26 Å². The van der Waals surface area contributed by atoms with Crippen LogP contribution in [-0.2, 0) is 11.0 Å². The average molecular weight is 414 g/mol. The maximum absolute atomic E-state index is 12.7. The van der Waals surface area contributed by atoms with Crippen LogP contribution in [0.15, 0.2) is 60.0 Å². The third-order valence-corrected chi connectivity index (χ3v) is 4.75. The number of alkyl halides is 3. The molecule has 1 heterocycles. The van der Waals surface area contributed by atoms with Crippen molar-refractivity contribution in [2.45, 2.75) is 6.18 Å². The summed E-state index contributed by atoms with van der Waals surface area (Å²) in [6.45, 7) is 0. The number of thiazole rings is 1. The number of anilines is 1. The van der Waals surface area contributed by atoms with Crippen LogP contribution in [0.1, 0.15) is 16.7 Å². The normalized spacial score (nSPS) is 11.4. The quantitative estimate of drug-likeness (QED) is 0.292. The molecule has 5 nitrogen and oxygen atoms in total. The number of hydrogen-bond donors (Lipinski definition) is 1. The summed E-state index contributed by atoms with van der Waals surface area (Å²) in [6, 6.07) is 13.3. The molecule has 0 bridgehead atoms. The van der Waals surface area contributed by atoms with Gasteiger partial charge >= 0.3 is 6.18 Å². The predicted octanol–water partition coefficient (Wildman–Crippen LogP) is 4.62. The zero-order chi connectivity index (χ0) is 21.0. The lowest BCUT2D eigenvalue weighted by molar-refractivity contribution is -0.137. The molecule has 0 radical (unpaired) electrons. The molecule has 3 aromatic rings. The molecule has 0 aliphatic heterocycles. The van der Waals surface area contributed by atoms with E-state index in [0.29, 0.717) is 21.7 Å². The van der Waals surface area contributed by atoms with Gasteiger partial charge in [-0.15, -0.1) is 11.3 Å². The van der Waals surface area contributed by atoms with E-state index in [9.17, 15) is 18.0 Å². The van der Waals surface area contributed by atoms with Crippen molar-refractivity contribution in [2.75, 3.05) is 5.01 Å². The minimum atomic E-state index is -4.41. The fraction of sp³-hybridized carbons (Fsp3) is 0.0500. The minimum Gasteiger partial charge on any atom is -0.268 e.